The standard InChI is InChI=1S/C10H14O3/c1-6(2)8-4-3-7(11)5-9(8)10(12)13/h5-6,8H,3-4H2,1-2H3,(H,12,13)/t8-/m1/s1. The lowest BCUT2D eigenvalue weighted by Gasteiger charge is -2.24. The zero-order valence-corrected chi connectivity index (χ0v) is 7.91. The van der Waals surface area contributed by atoms with Crippen molar-refractivity contribution in [2.75, 3.05) is 0 Å². The minimum absolute atomic E-state index is 0.0372. The maximum atomic E-state index is 11.0. The molecule has 1 aliphatic rings. The number of hydrogen-bond donors (Lipinski definition) is 1. The van der Waals surface area contributed by atoms with Gasteiger partial charge in [0.2, 0.25) is 0 Å². The second-order valence-electron chi connectivity index (χ2n) is 3.76. The molecule has 3 heteroatoms. The molecule has 1 atom stereocenters. The highest BCUT2D eigenvalue weighted by Gasteiger charge is 2.28. The molecule has 0 radical (unpaired) electrons. The van der Waals surface area contributed by atoms with Gasteiger partial charge in [0.1, 0.15) is 0 Å². The van der Waals surface area contributed by atoms with Crippen molar-refractivity contribution in [1.82, 2.24) is 0 Å². The van der Waals surface area contributed by atoms with E-state index in [-0.39, 0.29) is 23.2 Å². The number of carboxylic acids is 1. The lowest BCUT2D eigenvalue weighted by Crippen LogP contribution is -2.23. The zero-order valence-electron chi connectivity index (χ0n) is 7.91. The van der Waals surface area contributed by atoms with Gasteiger partial charge in [-0.1, -0.05) is 13.8 Å². The number of carbonyl (C=O) groups excluding carboxylic acids is 1. The molecule has 0 fully saturated rings. The molecular weight excluding hydrogens is 168 g/mol. The molecule has 0 amide bonds. The summed E-state index contributed by atoms with van der Waals surface area (Å²) in [7, 11) is 0. The Kier molecular flexibility index (Phi) is 2.86. The van der Waals surface area contributed by atoms with E-state index in [1.54, 1.807) is 0 Å². The number of ketones is 1. The van der Waals surface area contributed by atoms with Gasteiger partial charge in [0.25, 0.3) is 0 Å². The van der Waals surface area contributed by atoms with E-state index in [2.05, 4.69) is 0 Å². The summed E-state index contributed by atoms with van der Waals surface area (Å²) >= 11 is 0. The molecule has 0 aromatic rings. The van der Waals surface area contributed by atoms with Crippen molar-refractivity contribution in [3.8, 4) is 0 Å². The largest absolute Gasteiger partial charge is 0.478 e. The van der Waals surface area contributed by atoms with Crippen molar-refractivity contribution in [2.45, 2.75) is 26.7 Å². The molecule has 1 aliphatic carbocycles. The zero-order chi connectivity index (χ0) is 10.0. The lowest BCUT2D eigenvalue weighted by atomic mass is 9.80. The highest BCUT2D eigenvalue weighted by Crippen LogP contribution is 2.29. The summed E-state index contributed by atoms with van der Waals surface area (Å²) in [6, 6.07) is 0. The average Bonchev–Trinajstić information content (AvgIpc) is 2.03. The third-order valence-electron chi connectivity index (χ3n) is 2.47. The minimum Gasteiger partial charge on any atom is -0.478 e. The van der Waals surface area contributed by atoms with Crippen LogP contribution < -0.4 is 0 Å². The Labute approximate surface area is 77.4 Å². The van der Waals surface area contributed by atoms with Gasteiger partial charge in [0.15, 0.2) is 5.78 Å². The van der Waals surface area contributed by atoms with Gasteiger partial charge in [-0.25, -0.2) is 4.79 Å². The molecule has 0 spiro atoms. The molecule has 0 unspecified atom stereocenters. The molecule has 0 saturated heterocycles. The third kappa shape index (κ3) is 2.17. The number of rotatable bonds is 2. The van der Waals surface area contributed by atoms with Crippen LogP contribution in [-0.2, 0) is 9.59 Å². The Balaban J connectivity index is 2.93. The predicted molar refractivity (Wildman–Crippen MR) is 48.3 cm³/mol. The van der Waals surface area contributed by atoms with Gasteiger partial charge in [0.05, 0.1) is 0 Å². The van der Waals surface area contributed by atoms with E-state index in [4.69, 9.17) is 5.11 Å². The van der Waals surface area contributed by atoms with Crippen LogP contribution in [-0.4, -0.2) is 16.9 Å². The summed E-state index contributed by atoms with van der Waals surface area (Å²) in [6.45, 7) is 3.97. The van der Waals surface area contributed by atoms with E-state index in [9.17, 15) is 9.59 Å². The maximum absolute atomic E-state index is 11.0. The molecule has 0 saturated carbocycles. The smallest absolute Gasteiger partial charge is 0.331 e. The molecule has 3 nitrogen and oxygen atoms in total. The minimum atomic E-state index is -0.952. The van der Waals surface area contributed by atoms with Crippen molar-refractivity contribution in [1.29, 1.82) is 0 Å². The number of carboxylic acid groups (broad SMARTS) is 1. The van der Waals surface area contributed by atoms with E-state index in [1.165, 1.54) is 6.08 Å². The first-order valence-electron chi connectivity index (χ1n) is 4.50. The fourth-order valence-corrected chi connectivity index (χ4v) is 1.72. The Bertz CT molecular complexity index is 263. The van der Waals surface area contributed by atoms with Crippen molar-refractivity contribution in [3.05, 3.63) is 11.6 Å². The summed E-state index contributed by atoms with van der Waals surface area (Å²) in [5.74, 6) is -0.688. The van der Waals surface area contributed by atoms with Crippen molar-refractivity contribution >= 4 is 11.8 Å². The van der Waals surface area contributed by atoms with Crippen LogP contribution in [0.25, 0.3) is 0 Å². The van der Waals surface area contributed by atoms with Gasteiger partial charge in [0, 0.05) is 12.0 Å². The van der Waals surface area contributed by atoms with E-state index in [0.29, 0.717) is 12.8 Å². The van der Waals surface area contributed by atoms with Crippen molar-refractivity contribution in [2.24, 2.45) is 11.8 Å². The van der Waals surface area contributed by atoms with E-state index in [1.807, 2.05) is 13.8 Å². The molecule has 72 valence electrons. The summed E-state index contributed by atoms with van der Waals surface area (Å²) in [5, 5.41) is 8.85. The maximum Gasteiger partial charge on any atom is 0.331 e. The van der Waals surface area contributed by atoms with Crippen LogP contribution in [0.4, 0.5) is 0 Å². The second kappa shape index (κ2) is 3.73. The van der Waals surface area contributed by atoms with Crippen molar-refractivity contribution in [3.63, 3.8) is 0 Å². The molecule has 0 bridgehead atoms. The van der Waals surface area contributed by atoms with Crippen LogP contribution in [0.5, 0.6) is 0 Å². The van der Waals surface area contributed by atoms with Crippen LogP contribution in [0.2, 0.25) is 0 Å². The van der Waals surface area contributed by atoms with E-state index in [0.717, 1.165) is 0 Å². The highest BCUT2D eigenvalue weighted by molar-refractivity contribution is 6.00. The number of carbonyl (C=O) groups is 2. The average molecular weight is 182 g/mol. The summed E-state index contributed by atoms with van der Waals surface area (Å²) in [5.41, 5.74) is 0.284. The monoisotopic (exact) mass is 182 g/mol. The summed E-state index contributed by atoms with van der Waals surface area (Å²) in [6.07, 6.45) is 2.45. The van der Waals surface area contributed by atoms with Gasteiger partial charge < -0.3 is 5.11 Å². The molecule has 0 aromatic carbocycles. The van der Waals surface area contributed by atoms with Crippen molar-refractivity contribution < 1.29 is 14.7 Å². The number of hydrogen-bond acceptors (Lipinski definition) is 2. The Hall–Kier alpha value is -1.12. The Morgan fingerprint density at radius 1 is 1.62 bits per heavy atom. The number of allylic oxidation sites excluding steroid dienone is 1. The first-order valence-corrected chi connectivity index (χ1v) is 4.50. The normalized spacial score (nSPS) is 23.2. The number of aliphatic carboxylic acids is 1. The fraction of sp³-hybridized carbons (Fsp3) is 0.600. The van der Waals surface area contributed by atoms with Gasteiger partial charge >= 0.3 is 5.97 Å². The second-order valence-corrected chi connectivity index (χ2v) is 3.76. The SMILES string of the molecule is CC(C)[C@H]1CCC(=O)C=C1C(=O)O. The summed E-state index contributed by atoms with van der Waals surface area (Å²) in [4.78, 5) is 21.8. The van der Waals surface area contributed by atoms with Crippen LogP contribution in [0.3, 0.4) is 0 Å². The topological polar surface area (TPSA) is 54.4 Å². The highest BCUT2D eigenvalue weighted by atomic mass is 16.4. The predicted octanol–water partition coefficient (Wildman–Crippen LogP) is 1.63. The molecular formula is C10H14O3. The van der Waals surface area contributed by atoms with Gasteiger partial charge in [-0.15, -0.1) is 0 Å². The lowest BCUT2D eigenvalue weighted by molar-refractivity contribution is -0.134. The third-order valence-corrected chi connectivity index (χ3v) is 2.47. The molecule has 1 rings (SSSR count). The quantitative estimate of drug-likeness (QED) is 0.706. The molecule has 0 aliphatic heterocycles. The van der Waals surface area contributed by atoms with Crippen LogP contribution >= 0.6 is 0 Å². The van der Waals surface area contributed by atoms with E-state index >= 15 is 0 Å². The fourth-order valence-electron chi connectivity index (χ4n) is 1.72. The summed E-state index contributed by atoms with van der Waals surface area (Å²) < 4.78 is 0. The van der Waals surface area contributed by atoms with Gasteiger partial charge in [-0.05, 0) is 24.3 Å². The van der Waals surface area contributed by atoms with E-state index < -0.39 is 5.97 Å². The van der Waals surface area contributed by atoms with Crippen LogP contribution in [0.1, 0.15) is 26.7 Å². The first kappa shape index (κ1) is 9.96. The Morgan fingerprint density at radius 3 is 2.69 bits per heavy atom. The van der Waals surface area contributed by atoms with Crippen LogP contribution in [0, 0.1) is 11.8 Å². The molecule has 13 heavy (non-hydrogen) atoms. The molecule has 1 N–H and O–H groups in total. The van der Waals surface area contributed by atoms with Crippen LogP contribution in [0.15, 0.2) is 11.6 Å². The Morgan fingerprint density at radius 2 is 2.23 bits per heavy atom. The first-order chi connectivity index (χ1) is 6.02. The molecule has 0 heterocycles. The van der Waals surface area contributed by atoms with Gasteiger partial charge in [-0.2, -0.15) is 0 Å². The molecule has 0 aromatic heterocycles. The van der Waals surface area contributed by atoms with Gasteiger partial charge in [-0.3, -0.25) is 4.79 Å².